The Morgan fingerprint density at radius 1 is 0.696 bits per heavy atom. The Labute approximate surface area is 326 Å². The van der Waals surface area contributed by atoms with Crippen molar-refractivity contribution in [2.24, 2.45) is 0 Å². The fourth-order valence-corrected chi connectivity index (χ4v) is 7.11. The first-order valence-corrected chi connectivity index (χ1v) is 18.9. The smallest absolute Gasteiger partial charge is 0.343 e. The van der Waals surface area contributed by atoms with Gasteiger partial charge in [-0.3, -0.25) is 4.84 Å². The van der Waals surface area contributed by atoms with Crippen LogP contribution in [0.2, 0.25) is 0 Å². The fourth-order valence-electron chi connectivity index (χ4n) is 7.11. The molecule has 10 heteroatoms. The summed E-state index contributed by atoms with van der Waals surface area (Å²) >= 11 is 0. The third kappa shape index (κ3) is 9.61. The Kier molecular flexibility index (Phi) is 13.3. The molecule has 0 amide bonds. The fraction of sp³-hybridized carbons (Fsp3) is 0.283. The number of hydroxylamine groups is 2. The molecule has 290 valence electrons. The lowest BCUT2D eigenvalue weighted by atomic mass is 9.86. The van der Waals surface area contributed by atoms with Gasteiger partial charge in [0.15, 0.2) is 0 Å². The molecule has 7 rings (SSSR count). The van der Waals surface area contributed by atoms with Crippen LogP contribution in [0, 0.1) is 0 Å². The second-order valence-electron chi connectivity index (χ2n) is 13.8. The minimum absolute atomic E-state index is 0.118. The van der Waals surface area contributed by atoms with E-state index in [1.165, 1.54) is 12.3 Å². The second-order valence-corrected chi connectivity index (χ2v) is 13.8. The molecule has 6 atom stereocenters. The van der Waals surface area contributed by atoms with E-state index < -0.39 is 42.2 Å². The number of rotatable bonds is 18. The van der Waals surface area contributed by atoms with Gasteiger partial charge in [-0.2, -0.15) is 0 Å². The van der Waals surface area contributed by atoms with Gasteiger partial charge in [-0.15, -0.1) is 0 Å². The molecule has 3 unspecified atom stereocenters. The predicted octanol–water partition coefficient (Wildman–Crippen LogP) is 8.32. The van der Waals surface area contributed by atoms with Gasteiger partial charge in [-0.25, -0.2) is 9.63 Å². The number of para-hydroxylation sites is 1. The summed E-state index contributed by atoms with van der Waals surface area (Å²) < 4.78 is 31.8. The molecule has 0 spiro atoms. The number of hydrogen-bond donors (Lipinski definition) is 1. The first kappa shape index (κ1) is 39.1. The lowest BCUT2D eigenvalue weighted by Crippen LogP contribution is -2.44. The normalized spacial score (nSPS) is 19.3. The Balaban J connectivity index is 1.16. The van der Waals surface area contributed by atoms with Gasteiger partial charge in [0.2, 0.25) is 6.29 Å². The monoisotopic (exact) mass is 757 g/mol. The van der Waals surface area contributed by atoms with Crippen LogP contribution in [0.15, 0.2) is 155 Å². The number of ether oxygens (including phenoxy) is 4. The molecule has 1 aliphatic rings. The van der Waals surface area contributed by atoms with Crippen LogP contribution in [0.5, 0.6) is 5.75 Å². The van der Waals surface area contributed by atoms with E-state index in [0.717, 1.165) is 22.3 Å². The highest BCUT2D eigenvalue weighted by Crippen LogP contribution is 2.38. The number of benzene rings is 5. The Hall–Kier alpha value is -5.17. The number of nitrogens with zero attached hydrogens (tertiary/aromatic N) is 1. The summed E-state index contributed by atoms with van der Waals surface area (Å²) in [4.78, 5) is 26.0. The Bertz CT molecular complexity index is 2150. The van der Waals surface area contributed by atoms with Crippen molar-refractivity contribution >= 4 is 11.0 Å². The van der Waals surface area contributed by atoms with E-state index in [0.29, 0.717) is 30.6 Å². The van der Waals surface area contributed by atoms with Crippen molar-refractivity contribution in [1.29, 1.82) is 0 Å². The maximum atomic E-state index is 13.5. The Morgan fingerprint density at radius 3 is 1.84 bits per heavy atom. The molecule has 1 saturated heterocycles. The number of fused-ring (bicyclic) bond motifs is 1. The average Bonchev–Trinajstić information content (AvgIpc) is 3.57. The molecule has 2 heterocycles. The predicted molar refractivity (Wildman–Crippen MR) is 211 cm³/mol. The van der Waals surface area contributed by atoms with Crippen LogP contribution in [-0.4, -0.2) is 54.7 Å². The van der Waals surface area contributed by atoms with E-state index >= 15 is 0 Å². The molecule has 0 saturated carbocycles. The molecule has 0 radical (unpaired) electrons. The highest BCUT2D eigenvalue weighted by atomic mass is 17.0. The largest absolute Gasteiger partial charge is 0.507 e. The molecule has 6 aromatic rings. The molecule has 1 fully saturated rings. The van der Waals surface area contributed by atoms with E-state index in [4.69, 9.17) is 33.0 Å². The molecular weight excluding hydrogens is 711 g/mol. The Morgan fingerprint density at radius 2 is 1.23 bits per heavy atom. The van der Waals surface area contributed by atoms with Gasteiger partial charge >= 0.3 is 5.63 Å². The molecule has 0 bridgehead atoms. The van der Waals surface area contributed by atoms with Gasteiger partial charge in [0.1, 0.15) is 29.6 Å². The highest BCUT2D eigenvalue weighted by molar-refractivity contribution is 5.84. The first-order valence-electron chi connectivity index (χ1n) is 18.9. The molecule has 5 aromatic carbocycles. The molecule has 10 nitrogen and oxygen atoms in total. The van der Waals surface area contributed by atoms with Crippen LogP contribution in [-0.2, 0) is 48.4 Å². The second kappa shape index (κ2) is 19.1. The van der Waals surface area contributed by atoms with Crippen molar-refractivity contribution in [3.05, 3.63) is 184 Å². The molecule has 0 aliphatic carbocycles. The standard InChI is InChI=1S/C46H47NO9/c1-32(27-38(36-23-13-6-14-24-36)41-42(48)37-25-15-16-26-39(37)54-45(41)49)47(50-2)56-46-44(53-30-35-21-11-5-12-22-35)43(52-29-34-19-9-4-10-20-34)40(55-46)31-51-28-33-17-7-3-8-18-33/h3-26,32,38,40,43-44,46,48H,27-31H2,1-2H3/t32?,38?,40-,43-,44+,46?/m1/s1. The van der Waals surface area contributed by atoms with Gasteiger partial charge in [0.25, 0.3) is 0 Å². The summed E-state index contributed by atoms with van der Waals surface area (Å²) in [6.45, 7) is 3.13. The van der Waals surface area contributed by atoms with E-state index in [1.54, 1.807) is 24.3 Å². The van der Waals surface area contributed by atoms with Crippen LogP contribution in [0.4, 0.5) is 0 Å². The average molecular weight is 758 g/mol. The summed E-state index contributed by atoms with van der Waals surface area (Å²) in [6, 6.07) is 45.8. The van der Waals surface area contributed by atoms with Crippen molar-refractivity contribution in [2.45, 2.75) is 69.7 Å². The lowest BCUT2D eigenvalue weighted by molar-refractivity contribution is -0.430. The molecular formula is C46H47NO9. The zero-order valence-corrected chi connectivity index (χ0v) is 31.5. The molecule has 56 heavy (non-hydrogen) atoms. The summed E-state index contributed by atoms with van der Waals surface area (Å²) in [5.74, 6) is -0.697. The van der Waals surface area contributed by atoms with Gasteiger partial charge in [-0.05, 0) is 47.7 Å². The van der Waals surface area contributed by atoms with Gasteiger partial charge in [-0.1, -0.05) is 139 Å². The van der Waals surface area contributed by atoms with Crippen molar-refractivity contribution in [2.75, 3.05) is 13.7 Å². The topological polar surface area (TPSA) is 109 Å². The highest BCUT2D eigenvalue weighted by Gasteiger charge is 2.49. The van der Waals surface area contributed by atoms with Gasteiger partial charge in [0, 0.05) is 5.92 Å². The zero-order chi connectivity index (χ0) is 38.7. The molecule has 1 aliphatic heterocycles. The van der Waals surface area contributed by atoms with E-state index in [-0.39, 0.29) is 24.5 Å². The summed E-state index contributed by atoms with van der Waals surface area (Å²) in [5, 5.41) is 13.3. The van der Waals surface area contributed by atoms with Crippen LogP contribution >= 0.6 is 0 Å². The van der Waals surface area contributed by atoms with Gasteiger partial charge in [0.05, 0.1) is 50.5 Å². The zero-order valence-electron chi connectivity index (χ0n) is 31.5. The summed E-state index contributed by atoms with van der Waals surface area (Å²) in [5.41, 5.74) is 3.69. The van der Waals surface area contributed by atoms with Crippen molar-refractivity contribution in [3.8, 4) is 5.75 Å². The maximum Gasteiger partial charge on any atom is 0.343 e. The number of aromatic hydroxyl groups is 1. The quantitative estimate of drug-likeness (QED) is 0.0680. The van der Waals surface area contributed by atoms with Crippen LogP contribution in [0.3, 0.4) is 0 Å². The first-order chi connectivity index (χ1) is 27.5. The van der Waals surface area contributed by atoms with Gasteiger partial charge < -0.3 is 28.5 Å². The molecule has 1 aromatic heterocycles. The van der Waals surface area contributed by atoms with Crippen LogP contribution in [0.1, 0.15) is 47.1 Å². The van der Waals surface area contributed by atoms with Crippen molar-refractivity contribution in [1.82, 2.24) is 5.23 Å². The van der Waals surface area contributed by atoms with Crippen molar-refractivity contribution < 1.29 is 38.1 Å². The number of hydrogen-bond acceptors (Lipinski definition) is 10. The maximum absolute atomic E-state index is 13.5. The van der Waals surface area contributed by atoms with E-state index in [2.05, 4.69) is 0 Å². The third-order valence-electron chi connectivity index (χ3n) is 9.93. The summed E-state index contributed by atoms with van der Waals surface area (Å²) in [6.07, 6.45) is -2.51. The SMILES string of the molecule is CON(OC1O[C@H](COCc2ccccc2)[C@@H](OCc2ccccc2)[C@@H]1OCc1ccccc1)C(C)CC(c1ccccc1)c1c(O)c2ccccc2oc1=O. The minimum Gasteiger partial charge on any atom is -0.507 e. The van der Waals surface area contributed by atoms with Crippen LogP contribution in [0.25, 0.3) is 11.0 Å². The van der Waals surface area contributed by atoms with Crippen LogP contribution < -0.4 is 5.63 Å². The summed E-state index contributed by atoms with van der Waals surface area (Å²) in [7, 11) is 1.51. The minimum atomic E-state index is -0.971. The van der Waals surface area contributed by atoms with E-state index in [1.807, 2.05) is 128 Å². The van der Waals surface area contributed by atoms with E-state index in [9.17, 15) is 9.90 Å². The molecule has 1 N–H and O–H groups in total. The van der Waals surface area contributed by atoms with Crippen molar-refractivity contribution in [3.63, 3.8) is 0 Å². The third-order valence-corrected chi connectivity index (χ3v) is 9.93. The lowest BCUT2D eigenvalue weighted by Gasteiger charge is -2.32.